The number of benzene rings is 2. The molecule has 0 saturated carbocycles. The summed E-state index contributed by atoms with van der Waals surface area (Å²) in [5.41, 5.74) is 2.39. The number of para-hydroxylation sites is 1. The van der Waals surface area contributed by atoms with Gasteiger partial charge >= 0.3 is 0 Å². The van der Waals surface area contributed by atoms with Gasteiger partial charge in [0.15, 0.2) is 5.13 Å². The molecule has 1 aromatic heterocycles. The highest BCUT2D eigenvalue weighted by Crippen LogP contribution is 2.43. The number of aliphatic hydroxyl groups is 2. The van der Waals surface area contributed by atoms with Gasteiger partial charge in [0, 0.05) is 17.3 Å². The lowest BCUT2D eigenvalue weighted by Crippen LogP contribution is -2.46. The summed E-state index contributed by atoms with van der Waals surface area (Å²) >= 11 is 1.48. The summed E-state index contributed by atoms with van der Waals surface area (Å²) in [6.07, 6.45) is 1.00. The highest BCUT2D eigenvalue weighted by molar-refractivity contribution is 7.13. The molecule has 1 atom stereocenters. The quantitative estimate of drug-likeness (QED) is 0.536. The minimum atomic E-state index is -0.718. The third kappa shape index (κ3) is 4.39. The van der Waals surface area contributed by atoms with Crippen molar-refractivity contribution in [2.45, 2.75) is 24.4 Å². The summed E-state index contributed by atoms with van der Waals surface area (Å²) in [4.78, 5) is 7.04. The van der Waals surface area contributed by atoms with E-state index in [-0.39, 0.29) is 17.8 Å². The molecule has 0 spiro atoms. The zero-order valence-corrected chi connectivity index (χ0v) is 17.5. The van der Waals surface area contributed by atoms with Crippen LogP contribution in [0.25, 0.3) is 0 Å². The molecule has 3 aromatic rings. The third-order valence-electron chi connectivity index (χ3n) is 5.83. The van der Waals surface area contributed by atoms with Gasteiger partial charge in [-0.3, -0.25) is 0 Å². The molecule has 1 unspecified atom stereocenters. The fourth-order valence-electron chi connectivity index (χ4n) is 4.15. The van der Waals surface area contributed by atoms with E-state index in [1.165, 1.54) is 23.0 Å². The molecule has 1 saturated heterocycles. The van der Waals surface area contributed by atoms with Crippen LogP contribution < -0.4 is 5.32 Å². The number of β-amino-alcohol motifs (C(OH)–C–C–N with tert-alkyl or cyclic N) is 1. The molecule has 1 aliphatic rings. The van der Waals surface area contributed by atoms with E-state index in [1.54, 1.807) is 18.2 Å². The number of rotatable bonds is 7. The minimum Gasteiger partial charge on any atom is -0.394 e. The second-order valence-electron chi connectivity index (χ2n) is 7.73. The van der Waals surface area contributed by atoms with Crippen molar-refractivity contribution in [1.29, 1.82) is 0 Å². The number of nitrogens with one attached hydrogen (secondary N) is 1. The van der Waals surface area contributed by atoms with Crippen LogP contribution in [0.15, 0.2) is 60.0 Å². The molecule has 5 nitrogen and oxygen atoms in total. The molecule has 2 heterocycles. The summed E-state index contributed by atoms with van der Waals surface area (Å²) in [6.45, 7) is 1.86. The van der Waals surface area contributed by atoms with Crippen molar-refractivity contribution in [2.75, 3.05) is 31.6 Å². The molecule has 4 rings (SSSR count). The number of aromatic nitrogens is 1. The van der Waals surface area contributed by atoms with Crippen LogP contribution in [0.5, 0.6) is 0 Å². The number of halogens is 1. The summed E-state index contributed by atoms with van der Waals surface area (Å²) in [6, 6.07) is 17.0. The predicted octanol–water partition coefficient (Wildman–Crippen LogP) is 3.76. The van der Waals surface area contributed by atoms with Crippen LogP contribution in [0.3, 0.4) is 0 Å². The van der Waals surface area contributed by atoms with Gasteiger partial charge in [0.05, 0.1) is 24.1 Å². The molecule has 0 radical (unpaired) electrons. The van der Waals surface area contributed by atoms with Crippen molar-refractivity contribution in [3.05, 3.63) is 77.1 Å². The number of hydrogen-bond donors (Lipinski definition) is 3. The molecule has 0 amide bonds. The number of aliphatic hydroxyl groups excluding tert-OH is 2. The Balaban J connectivity index is 1.59. The topological polar surface area (TPSA) is 68.6 Å². The molecule has 2 aromatic carbocycles. The Kier molecular flexibility index (Phi) is 6.43. The van der Waals surface area contributed by atoms with Crippen molar-refractivity contribution < 1.29 is 14.6 Å². The Labute approximate surface area is 179 Å². The van der Waals surface area contributed by atoms with Crippen LogP contribution in [0.2, 0.25) is 0 Å². The lowest BCUT2D eigenvalue weighted by Gasteiger charge is -2.42. The monoisotopic (exact) mass is 427 g/mol. The number of piperidine rings is 1. The van der Waals surface area contributed by atoms with Gasteiger partial charge in [-0.15, -0.1) is 11.3 Å². The number of hydrogen-bond acceptors (Lipinski definition) is 6. The first kappa shape index (κ1) is 20.9. The largest absolute Gasteiger partial charge is 0.394 e. The summed E-state index contributed by atoms with van der Waals surface area (Å²) in [5, 5.41) is 24.8. The molecular weight excluding hydrogens is 401 g/mol. The van der Waals surface area contributed by atoms with E-state index < -0.39 is 6.10 Å². The zero-order chi connectivity index (χ0) is 21.0. The molecule has 7 heteroatoms. The SMILES string of the molecule is OCC(O)CN1CCC(c2ccccc2)(c2csc(Nc3ccccc3F)n2)CC1. The van der Waals surface area contributed by atoms with Crippen molar-refractivity contribution in [2.24, 2.45) is 0 Å². The van der Waals surface area contributed by atoms with E-state index >= 15 is 0 Å². The first-order valence-corrected chi connectivity index (χ1v) is 11.0. The fourth-order valence-corrected chi connectivity index (χ4v) is 4.97. The molecule has 3 N–H and O–H groups in total. The number of likely N-dealkylation sites (tertiary alicyclic amines) is 1. The van der Waals surface area contributed by atoms with Gasteiger partial charge < -0.3 is 20.4 Å². The van der Waals surface area contributed by atoms with Gasteiger partial charge in [0.2, 0.25) is 0 Å². The minimum absolute atomic E-state index is 0.225. The molecule has 1 fully saturated rings. The van der Waals surface area contributed by atoms with Crippen LogP contribution >= 0.6 is 11.3 Å². The standard InChI is InChI=1S/C23H26FN3O2S/c24-19-8-4-5-9-20(19)25-22-26-21(16-30-22)23(17-6-2-1-3-7-17)10-12-27(13-11-23)14-18(29)15-28/h1-9,16,18,28-29H,10-15H2,(H,25,26). The van der Waals surface area contributed by atoms with Crippen molar-refractivity contribution >= 4 is 22.2 Å². The average molecular weight is 428 g/mol. The molecule has 158 valence electrons. The highest BCUT2D eigenvalue weighted by atomic mass is 32.1. The Morgan fingerprint density at radius 3 is 2.50 bits per heavy atom. The van der Waals surface area contributed by atoms with Crippen LogP contribution in [0, 0.1) is 5.82 Å². The first-order chi connectivity index (χ1) is 14.6. The van der Waals surface area contributed by atoms with Crippen molar-refractivity contribution in [1.82, 2.24) is 9.88 Å². The van der Waals surface area contributed by atoms with E-state index in [2.05, 4.69) is 27.7 Å². The molecular formula is C23H26FN3O2S. The maximum Gasteiger partial charge on any atom is 0.187 e. The van der Waals surface area contributed by atoms with Gasteiger partial charge in [-0.05, 0) is 43.6 Å². The lowest BCUT2D eigenvalue weighted by molar-refractivity contribution is 0.0464. The van der Waals surface area contributed by atoms with Gasteiger partial charge in [0.1, 0.15) is 5.82 Å². The highest BCUT2D eigenvalue weighted by Gasteiger charge is 2.40. The van der Waals surface area contributed by atoms with Crippen LogP contribution in [0.4, 0.5) is 15.2 Å². The average Bonchev–Trinajstić information content (AvgIpc) is 3.25. The zero-order valence-electron chi connectivity index (χ0n) is 16.7. The Bertz CT molecular complexity index is 958. The second kappa shape index (κ2) is 9.22. The Morgan fingerprint density at radius 2 is 1.80 bits per heavy atom. The van der Waals surface area contributed by atoms with E-state index in [9.17, 15) is 9.50 Å². The summed E-state index contributed by atoms with van der Waals surface area (Å²) < 4.78 is 14.0. The third-order valence-corrected chi connectivity index (χ3v) is 6.58. The Morgan fingerprint density at radius 1 is 1.10 bits per heavy atom. The van der Waals surface area contributed by atoms with Crippen molar-refractivity contribution in [3.8, 4) is 0 Å². The van der Waals surface area contributed by atoms with E-state index in [0.29, 0.717) is 17.4 Å². The van der Waals surface area contributed by atoms with Gasteiger partial charge in [-0.2, -0.15) is 0 Å². The number of thiazole rings is 1. The van der Waals surface area contributed by atoms with Gasteiger partial charge in [-0.1, -0.05) is 42.5 Å². The lowest BCUT2D eigenvalue weighted by atomic mass is 9.70. The maximum absolute atomic E-state index is 14.0. The van der Waals surface area contributed by atoms with Gasteiger partial charge in [-0.25, -0.2) is 9.37 Å². The molecule has 1 aliphatic heterocycles. The van der Waals surface area contributed by atoms with Gasteiger partial charge in [0.25, 0.3) is 0 Å². The van der Waals surface area contributed by atoms with E-state index in [0.717, 1.165) is 31.6 Å². The molecule has 0 bridgehead atoms. The summed E-state index contributed by atoms with van der Waals surface area (Å²) in [7, 11) is 0. The van der Waals surface area contributed by atoms with E-state index in [1.807, 2.05) is 18.2 Å². The fraction of sp³-hybridized carbons (Fsp3) is 0.348. The van der Waals surface area contributed by atoms with Crippen LogP contribution in [-0.2, 0) is 5.41 Å². The summed E-state index contributed by atoms with van der Waals surface area (Å²) in [5.74, 6) is -0.303. The van der Waals surface area contributed by atoms with Crippen molar-refractivity contribution in [3.63, 3.8) is 0 Å². The maximum atomic E-state index is 14.0. The normalized spacial score (nSPS) is 17.6. The Hall–Kier alpha value is -2.32. The predicted molar refractivity (Wildman–Crippen MR) is 118 cm³/mol. The first-order valence-electron chi connectivity index (χ1n) is 10.1. The number of nitrogens with zero attached hydrogens (tertiary/aromatic N) is 2. The van der Waals surface area contributed by atoms with E-state index in [4.69, 9.17) is 10.1 Å². The number of anilines is 2. The smallest absolute Gasteiger partial charge is 0.187 e. The second-order valence-corrected chi connectivity index (χ2v) is 8.59. The van der Waals surface area contributed by atoms with Crippen LogP contribution in [-0.4, -0.2) is 52.4 Å². The molecule has 30 heavy (non-hydrogen) atoms. The van der Waals surface area contributed by atoms with Crippen LogP contribution in [0.1, 0.15) is 24.1 Å². The molecule has 0 aliphatic carbocycles.